The van der Waals surface area contributed by atoms with Gasteiger partial charge in [-0.25, -0.2) is 4.98 Å². The number of nitro benzene ring substituents is 1. The van der Waals surface area contributed by atoms with Crippen LogP contribution in [-0.2, 0) is 9.59 Å². The maximum atomic E-state index is 13.9. The number of aryl methyl sites for hydroxylation is 2. The van der Waals surface area contributed by atoms with E-state index in [9.17, 15) is 24.8 Å². The van der Waals surface area contributed by atoms with Gasteiger partial charge in [0.05, 0.1) is 43.0 Å². The number of benzene rings is 1. The number of likely N-dealkylation sites (tertiary alicyclic amines) is 1. The lowest BCUT2D eigenvalue weighted by atomic mass is 9.96. The number of aromatic nitrogens is 2. The predicted octanol–water partition coefficient (Wildman–Crippen LogP) is 0.618. The van der Waals surface area contributed by atoms with E-state index in [1.54, 1.807) is 23.6 Å². The molecule has 1 fully saturated rings. The van der Waals surface area contributed by atoms with Gasteiger partial charge in [-0.15, -0.1) is 0 Å². The lowest BCUT2D eigenvalue weighted by Crippen LogP contribution is -3.05. The third kappa shape index (κ3) is 4.28. The third-order valence-corrected chi connectivity index (χ3v) is 6.26. The van der Waals surface area contributed by atoms with Crippen molar-refractivity contribution in [1.29, 1.82) is 0 Å². The second-order valence-corrected chi connectivity index (χ2v) is 9.06. The Bertz CT molecular complexity index is 1360. The molecule has 1 saturated heterocycles. The van der Waals surface area contributed by atoms with E-state index in [0.717, 1.165) is 12.1 Å². The van der Waals surface area contributed by atoms with E-state index in [2.05, 4.69) is 4.98 Å². The summed E-state index contributed by atoms with van der Waals surface area (Å²) in [5, 5.41) is 25.0. The lowest BCUT2D eigenvalue weighted by Gasteiger charge is -2.27. The molecule has 0 radical (unpaired) electrons. The van der Waals surface area contributed by atoms with Crippen molar-refractivity contribution in [2.75, 3.05) is 27.2 Å². The van der Waals surface area contributed by atoms with Crippen LogP contribution in [0.25, 0.3) is 11.4 Å². The summed E-state index contributed by atoms with van der Waals surface area (Å²) in [4.78, 5) is 44.0. The Hall–Kier alpha value is -4.05. The molecule has 0 bridgehead atoms. The Kier molecular flexibility index (Phi) is 6.40. The largest absolute Gasteiger partial charge is 0.871 e. The summed E-state index contributed by atoms with van der Waals surface area (Å²) < 4.78 is 1.64. The molecule has 35 heavy (non-hydrogen) atoms. The fourth-order valence-electron chi connectivity index (χ4n) is 4.55. The summed E-state index contributed by atoms with van der Waals surface area (Å²) in [6.45, 7) is 4.61. The number of fused-ring (bicyclic) bond motifs is 1. The van der Waals surface area contributed by atoms with E-state index in [-0.39, 0.29) is 23.5 Å². The first-order valence-electron chi connectivity index (χ1n) is 11.4. The Labute approximate surface area is 202 Å². The summed E-state index contributed by atoms with van der Waals surface area (Å²) in [7, 11) is 3.97. The molecule has 1 unspecified atom stereocenters. The van der Waals surface area contributed by atoms with Gasteiger partial charge in [0, 0.05) is 36.9 Å². The van der Waals surface area contributed by atoms with Crippen LogP contribution in [0, 0.1) is 24.0 Å². The molecule has 1 aromatic carbocycles. The number of Topliss-reactive ketones (excluding diaryl/α,β-unsaturated/α-hetero) is 1. The Morgan fingerprint density at radius 2 is 1.83 bits per heavy atom. The highest BCUT2D eigenvalue weighted by atomic mass is 16.6. The van der Waals surface area contributed by atoms with Crippen LogP contribution in [0.15, 0.2) is 48.2 Å². The maximum Gasteiger partial charge on any atom is 0.295 e. The van der Waals surface area contributed by atoms with E-state index >= 15 is 0 Å². The molecule has 2 aromatic heterocycles. The second-order valence-electron chi connectivity index (χ2n) is 9.06. The van der Waals surface area contributed by atoms with Crippen LogP contribution < -0.4 is 10.0 Å². The predicted molar refractivity (Wildman–Crippen MR) is 126 cm³/mol. The average molecular weight is 478 g/mol. The number of amides is 1. The molecule has 0 spiro atoms. The fourth-order valence-corrected chi connectivity index (χ4v) is 4.55. The number of ketones is 1. The number of carbonyl (C=O) groups excluding carboxylic acids is 2. The first kappa shape index (κ1) is 24.1. The van der Waals surface area contributed by atoms with Gasteiger partial charge in [-0.2, -0.15) is 0 Å². The Morgan fingerprint density at radius 1 is 1.14 bits per heavy atom. The number of carbonyl (C=O) groups is 2. The zero-order chi connectivity index (χ0) is 25.4. The number of nitrogens with zero attached hydrogens (tertiary/aromatic N) is 4. The van der Waals surface area contributed by atoms with Gasteiger partial charge in [0.15, 0.2) is 0 Å². The van der Waals surface area contributed by atoms with Gasteiger partial charge < -0.3 is 19.3 Å². The van der Waals surface area contributed by atoms with Crippen LogP contribution in [0.3, 0.4) is 0 Å². The molecule has 10 nitrogen and oxygen atoms in total. The van der Waals surface area contributed by atoms with Crippen LogP contribution in [0.2, 0.25) is 0 Å². The first-order chi connectivity index (χ1) is 16.6. The van der Waals surface area contributed by atoms with E-state index in [1.807, 2.05) is 27.1 Å². The minimum Gasteiger partial charge on any atom is -0.871 e. The molecule has 4 rings (SSSR count). The van der Waals surface area contributed by atoms with Gasteiger partial charge in [0.25, 0.3) is 11.6 Å². The van der Waals surface area contributed by atoms with Crippen LogP contribution >= 0.6 is 0 Å². The SMILES string of the molecule is Cc1nc2c(C)cccn2c1/C([O-])=C1\C(=O)C(=O)N(CCC[NH+](C)C)C1c1ccc([N+](=O)[O-])cc1. The average Bonchev–Trinajstić information content (AvgIpc) is 3.28. The topological polar surface area (TPSA) is 125 Å². The van der Waals surface area contributed by atoms with Crippen molar-refractivity contribution in [1.82, 2.24) is 14.3 Å². The maximum absolute atomic E-state index is 13.9. The Morgan fingerprint density at radius 3 is 2.46 bits per heavy atom. The van der Waals surface area contributed by atoms with Crippen molar-refractivity contribution in [2.24, 2.45) is 0 Å². The fraction of sp³-hybridized carbons (Fsp3) is 0.320. The number of hydrogen-bond donors (Lipinski definition) is 1. The van der Waals surface area contributed by atoms with E-state index < -0.39 is 28.4 Å². The highest BCUT2D eigenvalue weighted by molar-refractivity contribution is 6.46. The van der Waals surface area contributed by atoms with Crippen molar-refractivity contribution < 1.29 is 24.5 Å². The Balaban J connectivity index is 1.89. The molecule has 1 amide bonds. The van der Waals surface area contributed by atoms with Crippen molar-refractivity contribution in [3.8, 4) is 0 Å². The van der Waals surface area contributed by atoms with Gasteiger partial charge in [-0.1, -0.05) is 11.8 Å². The number of non-ortho nitro benzene ring substituents is 1. The molecular weight excluding hydrogens is 450 g/mol. The molecule has 182 valence electrons. The number of nitrogens with one attached hydrogen (secondary N) is 1. The van der Waals surface area contributed by atoms with Crippen LogP contribution in [0.5, 0.6) is 0 Å². The molecule has 1 N–H and O–H groups in total. The van der Waals surface area contributed by atoms with Crippen molar-refractivity contribution >= 4 is 28.8 Å². The molecule has 3 aromatic rings. The minimum atomic E-state index is -0.935. The lowest BCUT2D eigenvalue weighted by molar-refractivity contribution is -0.858. The van der Waals surface area contributed by atoms with E-state index in [0.29, 0.717) is 23.3 Å². The minimum absolute atomic E-state index is 0.117. The van der Waals surface area contributed by atoms with Gasteiger partial charge in [0.2, 0.25) is 5.78 Å². The van der Waals surface area contributed by atoms with Crippen LogP contribution in [0.1, 0.15) is 35.0 Å². The monoisotopic (exact) mass is 477 g/mol. The zero-order valence-corrected chi connectivity index (χ0v) is 20.1. The summed E-state index contributed by atoms with van der Waals surface area (Å²) >= 11 is 0. The molecule has 1 atom stereocenters. The highest BCUT2D eigenvalue weighted by Crippen LogP contribution is 2.39. The van der Waals surface area contributed by atoms with Gasteiger partial charge in [0.1, 0.15) is 5.65 Å². The normalized spacial score (nSPS) is 17.6. The molecule has 0 aliphatic carbocycles. The molecule has 3 heterocycles. The van der Waals surface area contributed by atoms with Crippen molar-refractivity contribution in [3.63, 3.8) is 0 Å². The van der Waals surface area contributed by atoms with Crippen LogP contribution in [0.4, 0.5) is 5.69 Å². The van der Waals surface area contributed by atoms with E-state index in [1.165, 1.54) is 34.1 Å². The zero-order valence-electron chi connectivity index (χ0n) is 20.1. The number of rotatable bonds is 7. The summed E-state index contributed by atoms with van der Waals surface area (Å²) in [5.74, 6) is -2.16. The first-order valence-corrected chi connectivity index (χ1v) is 11.4. The van der Waals surface area contributed by atoms with Gasteiger partial charge in [-0.3, -0.25) is 19.7 Å². The second kappa shape index (κ2) is 9.30. The molecule has 0 saturated carbocycles. The molecular formula is C25H27N5O5. The molecule has 1 aliphatic rings. The summed E-state index contributed by atoms with van der Waals surface area (Å²) in [6, 6.07) is 8.36. The number of pyridine rings is 1. The standard InChI is InChI=1S/C25H27N5O5/c1-15-7-5-13-28-20(16(2)26-24(15)28)22(31)19-21(17-8-10-18(11-9-17)30(34)35)29(25(33)23(19)32)14-6-12-27(3)4/h5,7-11,13,21,31H,6,12,14H2,1-4H3/b22-19+. The van der Waals surface area contributed by atoms with Crippen LogP contribution in [-0.4, -0.2) is 58.1 Å². The van der Waals surface area contributed by atoms with Crippen molar-refractivity contribution in [2.45, 2.75) is 26.3 Å². The number of imidazole rings is 1. The van der Waals surface area contributed by atoms with Gasteiger partial charge in [-0.05, 0) is 43.2 Å². The number of quaternary nitrogens is 1. The highest BCUT2D eigenvalue weighted by Gasteiger charge is 2.44. The van der Waals surface area contributed by atoms with E-state index in [4.69, 9.17) is 0 Å². The summed E-state index contributed by atoms with van der Waals surface area (Å²) in [5.41, 5.74) is 2.34. The molecule has 10 heteroatoms. The molecule has 1 aliphatic heterocycles. The number of hydrogen-bond acceptors (Lipinski definition) is 6. The van der Waals surface area contributed by atoms with Gasteiger partial charge >= 0.3 is 0 Å². The summed E-state index contributed by atoms with van der Waals surface area (Å²) in [6.07, 6.45) is 2.33. The smallest absolute Gasteiger partial charge is 0.295 e. The third-order valence-electron chi connectivity index (χ3n) is 6.26. The number of nitro groups is 1. The quantitative estimate of drug-likeness (QED) is 0.175. The van der Waals surface area contributed by atoms with Crippen molar-refractivity contribution in [3.05, 3.63) is 80.8 Å².